The van der Waals surface area contributed by atoms with Gasteiger partial charge in [-0.2, -0.15) is 10.5 Å². The lowest BCUT2D eigenvalue weighted by atomic mass is 10.2. The zero-order valence-corrected chi connectivity index (χ0v) is 10.2. The van der Waals surface area contributed by atoms with E-state index in [2.05, 4.69) is 10.3 Å². The summed E-state index contributed by atoms with van der Waals surface area (Å²) < 4.78 is 13.4. The standard InChI is InChI=1S/C13H6ClFN4/c14-12-8(6-16)4-5-18-13(12)19-11-3-1-2-10(15)9(11)7-17/h1-5H,(H,18,19). The summed E-state index contributed by atoms with van der Waals surface area (Å²) in [5, 5.41) is 20.6. The number of benzene rings is 1. The van der Waals surface area contributed by atoms with Crippen LogP contribution in [0.2, 0.25) is 5.02 Å². The van der Waals surface area contributed by atoms with Crippen molar-refractivity contribution >= 4 is 23.1 Å². The van der Waals surface area contributed by atoms with Crippen LogP contribution in [0.3, 0.4) is 0 Å². The van der Waals surface area contributed by atoms with Gasteiger partial charge in [0.2, 0.25) is 0 Å². The number of anilines is 2. The number of pyridine rings is 1. The third kappa shape index (κ3) is 2.47. The molecule has 92 valence electrons. The largest absolute Gasteiger partial charge is 0.338 e. The molecule has 1 N–H and O–H groups in total. The average Bonchev–Trinajstić information content (AvgIpc) is 2.41. The Morgan fingerprint density at radius 3 is 2.68 bits per heavy atom. The van der Waals surface area contributed by atoms with Crippen molar-refractivity contribution in [2.45, 2.75) is 0 Å². The van der Waals surface area contributed by atoms with E-state index in [1.807, 2.05) is 6.07 Å². The lowest BCUT2D eigenvalue weighted by molar-refractivity contribution is 0.624. The lowest BCUT2D eigenvalue weighted by Gasteiger charge is -2.09. The maximum absolute atomic E-state index is 13.4. The highest BCUT2D eigenvalue weighted by atomic mass is 35.5. The van der Waals surface area contributed by atoms with Gasteiger partial charge in [0, 0.05) is 6.20 Å². The normalized spacial score (nSPS) is 9.47. The van der Waals surface area contributed by atoms with E-state index < -0.39 is 5.82 Å². The molecule has 2 rings (SSSR count). The van der Waals surface area contributed by atoms with Gasteiger partial charge in [-0.25, -0.2) is 9.37 Å². The topological polar surface area (TPSA) is 72.5 Å². The second-order valence-corrected chi connectivity index (χ2v) is 3.91. The van der Waals surface area contributed by atoms with Crippen LogP contribution >= 0.6 is 11.6 Å². The zero-order chi connectivity index (χ0) is 13.8. The minimum atomic E-state index is -0.639. The van der Waals surface area contributed by atoms with Gasteiger partial charge in [0.25, 0.3) is 0 Å². The van der Waals surface area contributed by atoms with E-state index in [4.69, 9.17) is 22.1 Å². The first-order valence-electron chi connectivity index (χ1n) is 5.17. The fraction of sp³-hybridized carbons (Fsp3) is 0. The highest BCUT2D eigenvalue weighted by molar-refractivity contribution is 6.34. The Kier molecular flexibility index (Phi) is 3.61. The molecular weight excluding hydrogens is 267 g/mol. The third-order valence-corrected chi connectivity index (χ3v) is 2.77. The smallest absolute Gasteiger partial charge is 0.150 e. The summed E-state index contributed by atoms with van der Waals surface area (Å²) in [5.41, 5.74) is 0.351. The van der Waals surface area contributed by atoms with E-state index >= 15 is 0 Å². The molecule has 1 aromatic carbocycles. The van der Waals surface area contributed by atoms with E-state index in [0.29, 0.717) is 0 Å². The summed E-state index contributed by atoms with van der Waals surface area (Å²) in [6.07, 6.45) is 1.40. The van der Waals surface area contributed by atoms with Gasteiger partial charge in [-0.1, -0.05) is 17.7 Å². The maximum Gasteiger partial charge on any atom is 0.150 e. The van der Waals surface area contributed by atoms with Crippen molar-refractivity contribution in [1.29, 1.82) is 10.5 Å². The van der Waals surface area contributed by atoms with E-state index in [-0.39, 0.29) is 27.7 Å². The summed E-state index contributed by atoms with van der Waals surface area (Å²) >= 11 is 5.97. The number of nitriles is 2. The Balaban J connectivity index is 2.47. The first-order chi connectivity index (χ1) is 9.17. The molecule has 0 aliphatic carbocycles. The van der Waals surface area contributed by atoms with Crippen LogP contribution in [0.1, 0.15) is 11.1 Å². The molecule has 0 spiro atoms. The van der Waals surface area contributed by atoms with Crippen LogP contribution in [0.5, 0.6) is 0 Å². The van der Waals surface area contributed by atoms with Crippen molar-refractivity contribution in [3.8, 4) is 12.1 Å². The molecule has 2 aromatic rings. The van der Waals surface area contributed by atoms with Gasteiger partial charge in [-0.05, 0) is 18.2 Å². The maximum atomic E-state index is 13.4. The van der Waals surface area contributed by atoms with Crippen molar-refractivity contribution in [1.82, 2.24) is 4.98 Å². The minimum absolute atomic E-state index is 0.123. The van der Waals surface area contributed by atoms with Crippen LogP contribution in [0.4, 0.5) is 15.9 Å². The van der Waals surface area contributed by atoms with E-state index in [0.717, 1.165) is 0 Å². The summed E-state index contributed by atoms with van der Waals surface area (Å²) in [4.78, 5) is 3.96. The Morgan fingerprint density at radius 1 is 1.21 bits per heavy atom. The van der Waals surface area contributed by atoms with Gasteiger partial charge in [0.05, 0.1) is 11.3 Å². The highest BCUT2D eigenvalue weighted by Crippen LogP contribution is 2.28. The highest BCUT2D eigenvalue weighted by Gasteiger charge is 2.12. The molecule has 0 radical (unpaired) electrons. The molecule has 0 aliphatic heterocycles. The molecule has 0 atom stereocenters. The Labute approximate surface area is 113 Å². The number of rotatable bonds is 2. The quantitative estimate of drug-likeness (QED) is 0.910. The van der Waals surface area contributed by atoms with Crippen LogP contribution in [-0.4, -0.2) is 4.98 Å². The lowest BCUT2D eigenvalue weighted by Crippen LogP contribution is -1.99. The molecule has 0 fully saturated rings. The molecule has 6 heteroatoms. The van der Waals surface area contributed by atoms with Gasteiger partial charge in [0.15, 0.2) is 5.82 Å². The fourth-order valence-electron chi connectivity index (χ4n) is 1.49. The Hall–Kier alpha value is -2.63. The molecule has 4 nitrogen and oxygen atoms in total. The van der Waals surface area contributed by atoms with Crippen molar-refractivity contribution < 1.29 is 4.39 Å². The third-order valence-electron chi connectivity index (χ3n) is 2.39. The SMILES string of the molecule is N#Cc1ccnc(Nc2cccc(F)c2C#N)c1Cl. The van der Waals surface area contributed by atoms with Gasteiger partial charge >= 0.3 is 0 Å². The molecule has 1 heterocycles. The van der Waals surface area contributed by atoms with Crippen LogP contribution in [-0.2, 0) is 0 Å². The molecule has 0 saturated heterocycles. The molecule has 0 unspecified atom stereocenters. The van der Waals surface area contributed by atoms with E-state index in [9.17, 15) is 4.39 Å². The number of hydrogen-bond acceptors (Lipinski definition) is 4. The Morgan fingerprint density at radius 2 is 2.00 bits per heavy atom. The van der Waals surface area contributed by atoms with Crippen molar-refractivity contribution in [3.05, 3.63) is 52.4 Å². The van der Waals surface area contributed by atoms with Crippen LogP contribution < -0.4 is 5.32 Å². The van der Waals surface area contributed by atoms with Gasteiger partial charge in [-0.15, -0.1) is 0 Å². The second-order valence-electron chi connectivity index (χ2n) is 3.53. The van der Waals surface area contributed by atoms with E-state index in [1.165, 1.54) is 30.5 Å². The van der Waals surface area contributed by atoms with Gasteiger partial charge in [0.1, 0.15) is 28.5 Å². The van der Waals surface area contributed by atoms with Crippen molar-refractivity contribution in [2.75, 3.05) is 5.32 Å². The zero-order valence-electron chi connectivity index (χ0n) is 9.48. The molecule has 0 amide bonds. The molecule has 19 heavy (non-hydrogen) atoms. The predicted octanol–water partition coefficient (Wildman–Crippen LogP) is 3.36. The number of hydrogen-bond donors (Lipinski definition) is 1. The summed E-state index contributed by atoms with van der Waals surface area (Å²) in [7, 11) is 0. The summed E-state index contributed by atoms with van der Waals surface area (Å²) in [6.45, 7) is 0. The van der Waals surface area contributed by atoms with Crippen LogP contribution in [0.15, 0.2) is 30.5 Å². The first-order valence-corrected chi connectivity index (χ1v) is 5.55. The monoisotopic (exact) mass is 272 g/mol. The molecule has 0 saturated carbocycles. The predicted molar refractivity (Wildman–Crippen MR) is 68.4 cm³/mol. The Bertz CT molecular complexity index is 716. The van der Waals surface area contributed by atoms with Crippen molar-refractivity contribution in [2.24, 2.45) is 0 Å². The first kappa shape index (κ1) is 12.8. The second kappa shape index (κ2) is 5.34. The summed E-state index contributed by atoms with van der Waals surface area (Å²) in [6, 6.07) is 9.30. The van der Waals surface area contributed by atoms with Gasteiger partial charge < -0.3 is 5.32 Å². The molecular formula is C13H6ClFN4. The number of nitrogens with one attached hydrogen (secondary N) is 1. The van der Waals surface area contributed by atoms with E-state index in [1.54, 1.807) is 6.07 Å². The average molecular weight is 273 g/mol. The number of aromatic nitrogens is 1. The minimum Gasteiger partial charge on any atom is -0.338 e. The fourth-order valence-corrected chi connectivity index (χ4v) is 1.69. The molecule has 1 aromatic heterocycles. The molecule has 0 bridgehead atoms. The number of halogens is 2. The van der Waals surface area contributed by atoms with Gasteiger partial charge in [-0.3, -0.25) is 0 Å². The van der Waals surface area contributed by atoms with Crippen LogP contribution in [0, 0.1) is 28.5 Å². The molecule has 0 aliphatic rings. The van der Waals surface area contributed by atoms with Crippen LogP contribution in [0.25, 0.3) is 0 Å². The number of nitrogens with zero attached hydrogens (tertiary/aromatic N) is 3. The van der Waals surface area contributed by atoms with Crippen molar-refractivity contribution in [3.63, 3.8) is 0 Å². The summed E-state index contributed by atoms with van der Waals surface area (Å²) in [5.74, 6) is -0.442.